The van der Waals surface area contributed by atoms with E-state index in [4.69, 9.17) is 14.5 Å². The highest BCUT2D eigenvalue weighted by Gasteiger charge is 2.25. The number of nitrogens with two attached hydrogens (primary N) is 1. The molecule has 6 heteroatoms. The molecule has 4 rings (SSSR count). The van der Waals surface area contributed by atoms with E-state index in [1.807, 2.05) is 18.2 Å². The van der Waals surface area contributed by atoms with Crippen molar-refractivity contribution in [1.29, 1.82) is 0 Å². The number of rotatable bonds is 5. The number of sulfonamides is 1. The zero-order chi connectivity index (χ0) is 19.6. The van der Waals surface area contributed by atoms with Crippen LogP contribution < -0.4 is 5.14 Å². The van der Waals surface area contributed by atoms with Crippen molar-refractivity contribution in [2.75, 3.05) is 0 Å². The van der Waals surface area contributed by atoms with Gasteiger partial charge in [0.05, 0.1) is 10.6 Å². The Kier molecular flexibility index (Phi) is 5.33. The van der Waals surface area contributed by atoms with Crippen LogP contribution in [0.15, 0.2) is 63.9 Å². The summed E-state index contributed by atoms with van der Waals surface area (Å²) >= 11 is 0. The lowest BCUT2D eigenvalue weighted by molar-refractivity contribution is 0.437. The number of primary sulfonamides is 1. The lowest BCUT2D eigenvalue weighted by atomic mass is 9.85. The van der Waals surface area contributed by atoms with Crippen LogP contribution in [0, 0.1) is 0 Å². The monoisotopic (exact) mass is 396 g/mol. The van der Waals surface area contributed by atoms with Crippen molar-refractivity contribution in [3.63, 3.8) is 0 Å². The Morgan fingerprint density at radius 2 is 1.64 bits per heavy atom. The Labute approximate surface area is 165 Å². The molecule has 0 spiro atoms. The van der Waals surface area contributed by atoms with Crippen molar-refractivity contribution in [1.82, 2.24) is 4.98 Å². The van der Waals surface area contributed by atoms with Gasteiger partial charge in [-0.2, -0.15) is 0 Å². The Bertz CT molecular complexity index is 1040. The van der Waals surface area contributed by atoms with E-state index in [0.717, 1.165) is 35.4 Å². The molecule has 146 valence electrons. The van der Waals surface area contributed by atoms with E-state index in [0.29, 0.717) is 18.2 Å². The van der Waals surface area contributed by atoms with Gasteiger partial charge in [-0.15, -0.1) is 0 Å². The van der Waals surface area contributed by atoms with Crippen molar-refractivity contribution in [3.05, 3.63) is 71.7 Å². The Morgan fingerprint density at radius 3 is 2.29 bits per heavy atom. The molecule has 1 aliphatic carbocycles. The van der Waals surface area contributed by atoms with Gasteiger partial charge in [0.2, 0.25) is 10.0 Å². The van der Waals surface area contributed by atoms with Crippen LogP contribution in [0.25, 0.3) is 11.3 Å². The van der Waals surface area contributed by atoms with Gasteiger partial charge in [-0.05, 0) is 42.7 Å². The first-order valence-corrected chi connectivity index (χ1v) is 11.2. The number of hydrogen-bond acceptors (Lipinski definition) is 4. The smallest absolute Gasteiger partial charge is 0.238 e. The summed E-state index contributed by atoms with van der Waals surface area (Å²) in [7, 11) is -3.71. The molecule has 0 atom stereocenters. The fraction of sp³-hybridized carbons (Fsp3) is 0.318. The van der Waals surface area contributed by atoms with E-state index in [9.17, 15) is 8.42 Å². The molecule has 0 radical (unpaired) electrons. The molecule has 5 nitrogen and oxygen atoms in total. The summed E-state index contributed by atoms with van der Waals surface area (Å²) in [5.41, 5.74) is 2.98. The first-order valence-electron chi connectivity index (χ1n) is 9.67. The van der Waals surface area contributed by atoms with Crippen LogP contribution in [-0.2, 0) is 16.4 Å². The van der Waals surface area contributed by atoms with Crippen LogP contribution in [0.3, 0.4) is 0 Å². The first-order chi connectivity index (χ1) is 13.5. The molecule has 1 aliphatic rings. The van der Waals surface area contributed by atoms with Crippen molar-refractivity contribution >= 4 is 10.0 Å². The van der Waals surface area contributed by atoms with Gasteiger partial charge in [0.1, 0.15) is 0 Å². The van der Waals surface area contributed by atoms with Gasteiger partial charge in [-0.25, -0.2) is 18.5 Å². The molecule has 0 unspecified atom stereocenters. The van der Waals surface area contributed by atoms with Crippen molar-refractivity contribution in [2.45, 2.75) is 49.3 Å². The number of benzene rings is 2. The maximum atomic E-state index is 11.5. The number of oxazole rings is 1. The van der Waals surface area contributed by atoms with Crippen LogP contribution in [0.5, 0.6) is 0 Å². The zero-order valence-corrected chi connectivity index (χ0v) is 16.5. The summed E-state index contributed by atoms with van der Waals surface area (Å²) in [6.45, 7) is 0. The Morgan fingerprint density at radius 1 is 0.964 bits per heavy atom. The lowest BCUT2D eigenvalue weighted by Gasteiger charge is -2.20. The van der Waals surface area contributed by atoms with Gasteiger partial charge in [0, 0.05) is 17.9 Å². The molecule has 0 aliphatic heterocycles. The predicted octanol–water partition coefficient (Wildman–Crippen LogP) is 4.63. The van der Waals surface area contributed by atoms with E-state index in [1.54, 1.807) is 12.1 Å². The summed E-state index contributed by atoms with van der Waals surface area (Å²) in [5.74, 6) is 1.83. The molecule has 1 heterocycles. The maximum absolute atomic E-state index is 11.5. The molecule has 2 aromatic carbocycles. The molecule has 3 aromatic rings. The predicted molar refractivity (Wildman–Crippen MR) is 108 cm³/mol. The minimum Gasteiger partial charge on any atom is -0.440 e. The number of hydrogen-bond donors (Lipinski definition) is 1. The highest BCUT2D eigenvalue weighted by Crippen LogP contribution is 2.38. The van der Waals surface area contributed by atoms with E-state index in [1.165, 1.54) is 31.4 Å². The molecular weight excluding hydrogens is 372 g/mol. The minimum absolute atomic E-state index is 0.0968. The summed E-state index contributed by atoms with van der Waals surface area (Å²) in [5, 5.41) is 5.22. The van der Waals surface area contributed by atoms with Crippen LogP contribution in [0.2, 0.25) is 0 Å². The third-order valence-corrected chi connectivity index (χ3v) is 6.26. The molecule has 0 bridgehead atoms. The van der Waals surface area contributed by atoms with Gasteiger partial charge < -0.3 is 4.42 Å². The second-order valence-electron chi connectivity index (χ2n) is 7.39. The van der Waals surface area contributed by atoms with Crippen molar-refractivity contribution < 1.29 is 12.8 Å². The van der Waals surface area contributed by atoms with Crippen LogP contribution in [0.4, 0.5) is 0 Å². The summed E-state index contributed by atoms with van der Waals surface area (Å²) < 4.78 is 29.3. The SMILES string of the molecule is NS(=O)(=O)c1ccc(-c2oc(Cc3ccccc3)nc2C2CCCCC2)cc1. The van der Waals surface area contributed by atoms with Gasteiger partial charge >= 0.3 is 0 Å². The largest absolute Gasteiger partial charge is 0.440 e. The Hall–Kier alpha value is -2.44. The van der Waals surface area contributed by atoms with Gasteiger partial charge in [-0.1, -0.05) is 49.6 Å². The van der Waals surface area contributed by atoms with Crippen molar-refractivity contribution in [2.24, 2.45) is 5.14 Å². The fourth-order valence-corrected chi connectivity index (χ4v) is 4.40. The molecule has 2 N–H and O–H groups in total. The van der Waals surface area contributed by atoms with E-state index in [-0.39, 0.29) is 4.90 Å². The quantitative estimate of drug-likeness (QED) is 0.681. The summed E-state index contributed by atoms with van der Waals surface area (Å²) in [6, 6.07) is 16.7. The summed E-state index contributed by atoms with van der Waals surface area (Å²) in [4.78, 5) is 4.96. The minimum atomic E-state index is -3.71. The molecule has 0 amide bonds. The van der Waals surface area contributed by atoms with Gasteiger partial charge in [-0.3, -0.25) is 0 Å². The topological polar surface area (TPSA) is 86.2 Å². The normalized spacial score (nSPS) is 15.6. The molecule has 28 heavy (non-hydrogen) atoms. The number of nitrogens with zero attached hydrogens (tertiary/aromatic N) is 1. The zero-order valence-electron chi connectivity index (χ0n) is 15.7. The average Bonchev–Trinajstić information content (AvgIpc) is 3.13. The molecule has 0 saturated heterocycles. The standard InChI is InChI=1S/C22H24N2O3S/c23-28(25,26)19-13-11-18(12-14-19)22-21(17-9-5-2-6-10-17)24-20(27-22)15-16-7-3-1-4-8-16/h1,3-4,7-8,11-14,17H,2,5-6,9-10,15H2,(H2,23,25,26). The Balaban J connectivity index is 1.71. The van der Waals surface area contributed by atoms with Gasteiger partial charge in [0.15, 0.2) is 11.7 Å². The number of aromatic nitrogens is 1. The molecule has 1 fully saturated rings. The van der Waals surface area contributed by atoms with Crippen LogP contribution in [-0.4, -0.2) is 13.4 Å². The highest BCUT2D eigenvalue weighted by molar-refractivity contribution is 7.89. The average molecular weight is 397 g/mol. The van der Waals surface area contributed by atoms with Gasteiger partial charge in [0.25, 0.3) is 0 Å². The first kappa shape index (κ1) is 18.9. The van der Waals surface area contributed by atoms with E-state index in [2.05, 4.69) is 12.1 Å². The summed E-state index contributed by atoms with van der Waals surface area (Å²) in [6.07, 6.45) is 6.53. The second-order valence-corrected chi connectivity index (χ2v) is 8.95. The molecule has 1 aromatic heterocycles. The lowest BCUT2D eigenvalue weighted by Crippen LogP contribution is -2.11. The molecule has 1 saturated carbocycles. The third kappa shape index (κ3) is 4.18. The van der Waals surface area contributed by atoms with Crippen molar-refractivity contribution in [3.8, 4) is 11.3 Å². The highest BCUT2D eigenvalue weighted by atomic mass is 32.2. The van der Waals surface area contributed by atoms with E-state index >= 15 is 0 Å². The maximum Gasteiger partial charge on any atom is 0.238 e. The third-order valence-electron chi connectivity index (χ3n) is 5.33. The molecular formula is C22H24N2O3S. The fourth-order valence-electron chi connectivity index (χ4n) is 3.88. The second kappa shape index (κ2) is 7.89. The van der Waals surface area contributed by atoms with Crippen LogP contribution in [0.1, 0.15) is 55.2 Å². The van der Waals surface area contributed by atoms with E-state index < -0.39 is 10.0 Å². The van der Waals surface area contributed by atoms with Crippen LogP contribution >= 0.6 is 0 Å².